The molecule has 0 aliphatic carbocycles. The summed E-state index contributed by atoms with van der Waals surface area (Å²) in [5, 5.41) is 4.25. The smallest absolute Gasteiger partial charge is 0.243 e. The van der Waals surface area contributed by atoms with Gasteiger partial charge in [0, 0.05) is 34.3 Å². The van der Waals surface area contributed by atoms with Gasteiger partial charge in [-0.1, -0.05) is 89.4 Å². The van der Waals surface area contributed by atoms with Gasteiger partial charge in [-0.25, -0.2) is 0 Å². The molecule has 1 atom stereocenters. The summed E-state index contributed by atoms with van der Waals surface area (Å²) in [6, 6.07) is 22.6. The number of benzene rings is 3. The number of carbonyl (C=O) groups excluding carboxylic acids is 2. The first-order valence-corrected chi connectivity index (χ1v) is 14.2. The molecule has 0 spiro atoms. The van der Waals surface area contributed by atoms with Gasteiger partial charge in [0.05, 0.1) is 5.75 Å². The minimum absolute atomic E-state index is 0.0966. The molecule has 0 bridgehead atoms. The highest BCUT2D eigenvalue weighted by Crippen LogP contribution is 2.25. The van der Waals surface area contributed by atoms with Gasteiger partial charge in [0.25, 0.3) is 0 Å². The lowest BCUT2D eigenvalue weighted by Crippen LogP contribution is -2.54. The first-order valence-electron chi connectivity index (χ1n) is 12.2. The average Bonchev–Trinajstić information content (AvgIpc) is 2.83. The van der Waals surface area contributed by atoms with Crippen LogP contribution in [0.5, 0.6) is 0 Å². The number of hydrogen-bond acceptors (Lipinski definition) is 3. The predicted molar refractivity (Wildman–Crippen MR) is 156 cm³/mol. The van der Waals surface area contributed by atoms with Gasteiger partial charge in [-0.3, -0.25) is 9.59 Å². The molecule has 0 radical (unpaired) electrons. The van der Waals surface area contributed by atoms with Crippen LogP contribution >= 0.6 is 35.0 Å². The van der Waals surface area contributed by atoms with Crippen LogP contribution in [0.15, 0.2) is 72.8 Å². The van der Waals surface area contributed by atoms with Gasteiger partial charge in [-0.05, 0) is 56.5 Å². The minimum atomic E-state index is -0.657. The fraction of sp³-hybridized carbons (Fsp3) is 0.333. The molecule has 0 aliphatic heterocycles. The second kappa shape index (κ2) is 13.4. The summed E-state index contributed by atoms with van der Waals surface area (Å²) < 4.78 is 0. The zero-order valence-electron chi connectivity index (χ0n) is 21.8. The normalized spacial score (nSPS) is 12.2. The molecule has 0 fully saturated rings. The molecule has 0 aromatic heterocycles. The molecule has 7 heteroatoms. The van der Waals surface area contributed by atoms with E-state index in [-0.39, 0.29) is 17.6 Å². The maximum absolute atomic E-state index is 13.7. The Morgan fingerprint density at radius 1 is 0.946 bits per heavy atom. The van der Waals surface area contributed by atoms with Gasteiger partial charge < -0.3 is 10.2 Å². The number of rotatable bonds is 10. The van der Waals surface area contributed by atoms with Crippen molar-refractivity contribution in [2.75, 3.05) is 5.75 Å². The van der Waals surface area contributed by atoms with E-state index in [1.807, 2.05) is 88.4 Å². The van der Waals surface area contributed by atoms with Crippen molar-refractivity contribution in [1.82, 2.24) is 10.2 Å². The number of amides is 2. The second-order valence-corrected chi connectivity index (χ2v) is 12.0. The van der Waals surface area contributed by atoms with Crippen LogP contribution in [-0.2, 0) is 28.3 Å². The molecule has 0 saturated carbocycles. The van der Waals surface area contributed by atoms with E-state index >= 15 is 0 Å². The Morgan fingerprint density at radius 3 is 2.24 bits per heavy atom. The van der Waals surface area contributed by atoms with Crippen LogP contribution in [0.3, 0.4) is 0 Å². The van der Waals surface area contributed by atoms with Crippen molar-refractivity contribution >= 4 is 46.8 Å². The minimum Gasteiger partial charge on any atom is -0.350 e. The Hall–Kier alpha value is -2.47. The van der Waals surface area contributed by atoms with Crippen LogP contribution in [0.25, 0.3) is 0 Å². The fourth-order valence-electron chi connectivity index (χ4n) is 3.87. The van der Waals surface area contributed by atoms with Crippen LogP contribution in [0.1, 0.15) is 43.0 Å². The third-order valence-corrected chi connectivity index (χ3v) is 7.29. The van der Waals surface area contributed by atoms with E-state index < -0.39 is 11.6 Å². The van der Waals surface area contributed by atoms with Crippen molar-refractivity contribution in [1.29, 1.82) is 0 Å². The molecular weight excluding hydrogens is 523 g/mol. The first kappa shape index (κ1) is 29.1. The summed E-state index contributed by atoms with van der Waals surface area (Å²) in [4.78, 5) is 29.0. The topological polar surface area (TPSA) is 49.4 Å². The maximum Gasteiger partial charge on any atom is 0.243 e. The van der Waals surface area contributed by atoms with Crippen molar-refractivity contribution in [2.24, 2.45) is 0 Å². The van der Waals surface area contributed by atoms with E-state index in [1.54, 1.807) is 17.0 Å². The van der Waals surface area contributed by atoms with Gasteiger partial charge in [-0.15, -0.1) is 11.8 Å². The third kappa shape index (κ3) is 9.41. The molecule has 196 valence electrons. The number of nitrogens with one attached hydrogen (secondary N) is 1. The Bertz CT molecular complexity index is 1190. The highest BCUT2D eigenvalue weighted by Gasteiger charge is 2.32. The number of aryl methyl sites for hydroxylation is 1. The maximum atomic E-state index is 13.7. The standard InChI is InChI=1S/C30H34Cl2N2O2S/c1-21-10-12-23(13-11-21)18-34(28(35)20-37-19-24-14-15-25(31)17-26(24)32)27(29(36)33-30(2,3)4)16-22-8-6-5-7-9-22/h5-15,17,27H,16,18-20H2,1-4H3,(H,33,36)/t27-/m0/s1. The average molecular weight is 558 g/mol. The van der Waals surface area contributed by atoms with Crippen LogP contribution in [0, 0.1) is 6.92 Å². The molecule has 1 N–H and O–H groups in total. The van der Waals surface area contributed by atoms with Gasteiger partial charge in [0.2, 0.25) is 11.8 Å². The van der Waals surface area contributed by atoms with Gasteiger partial charge >= 0.3 is 0 Å². The number of thioether (sulfide) groups is 1. The van der Waals surface area contributed by atoms with E-state index in [4.69, 9.17) is 23.2 Å². The Kier molecular flexibility index (Phi) is 10.5. The lowest BCUT2D eigenvalue weighted by molar-refractivity contribution is -0.140. The highest BCUT2D eigenvalue weighted by molar-refractivity contribution is 7.99. The SMILES string of the molecule is Cc1ccc(CN(C(=O)CSCc2ccc(Cl)cc2Cl)[C@@H](Cc2ccccc2)C(=O)NC(C)(C)C)cc1. The molecule has 0 heterocycles. The lowest BCUT2D eigenvalue weighted by atomic mass is 10.0. The zero-order valence-corrected chi connectivity index (χ0v) is 24.1. The van der Waals surface area contributed by atoms with E-state index in [9.17, 15) is 9.59 Å². The molecule has 3 aromatic rings. The highest BCUT2D eigenvalue weighted by atomic mass is 35.5. The second-order valence-electron chi connectivity index (χ2n) is 10.2. The summed E-state index contributed by atoms with van der Waals surface area (Å²) in [6.07, 6.45) is 0.425. The predicted octanol–water partition coefficient (Wildman–Crippen LogP) is 7.09. The van der Waals surface area contributed by atoms with Crippen molar-refractivity contribution in [3.8, 4) is 0 Å². The van der Waals surface area contributed by atoms with E-state index in [0.717, 1.165) is 22.3 Å². The molecule has 0 saturated heterocycles. The first-order chi connectivity index (χ1) is 17.5. The molecule has 3 rings (SSSR count). The largest absolute Gasteiger partial charge is 0.350 e. The number of carbonyl (C=O) groups is 2. The molecule has 2 amide bonds. The third-order valence-electron chi connectivity index (χ3n) is 5.74. The number of halogens is 2. The molecule has 37 heavy (non-hydrogen) atoms. The van der Waals surface area contributed by atoms with Crippen LogP contribution in [0.4, 0.5) is 0 Å². The van der Waals surface area contributed by atoms with E-state index in [0.29, 0.717) is 28.8 Å². The number of hydrogen-bond donors (Lipinski definition) is 1. The van der Waals surface area contributed by atoms with Crippen molar-refractivity contribution < 1.29 is 9.59 Å². The van der Waals surface area contributed by atoms with Crippen molar-refractivity contribution in [2.45, 2.75) is 58.0 Å². The molecular formula is C30H34Cl2N2O2S. The zero-order chi connectivity index (χ0) is 27.0. The monoisotopic (exact) mass is 556 g/mol. The molecule has 3 aromatic carbocycles. The van der Waals surface area contributed by atoms with E-state index in [1.165, 1.54) is 11.8 Å². The van der Waals surface area contributed by atoms with Gasteiger partial charge in [0.1, 0.15) is 6.04 Å². The van der Waals surface area contributed by atoms with Crippen molar-refractivity contribution in [3.63, 3.8) is 0 Å². The van der Waals surface area contributed by atoms with Crippen molar-refractivity contribution in [3.05, 3.63) is 105 Å². The van der Waals surface area contributed by atoms with Gasteiger partial charge in [0.15, 0.2) is 0 Å². The summed E-state index contributed by atoms with van der Waals surface area (Å²) in [5.74, 6) is 0.527. The quantitative estimate of drug-likeness (QED) is 0.290. The Morgan fingerprint density at radius 2 is 1.62 bits per heavy atom. The Balaban J connectivity index is 1.87. The summed E-state index contributed by atoms with van der Waals surface area (Å²) in [5.41, 5.74) is 3.61. The summed E-state index contributed by atoms with van der Waals surface area (Å²) >= 11 is 13.8. The number of nitrogens with zero attached hydrogens (tertiary/aromatic N) is 1. The molecule has 4 nitrogen and oxygen atoms in total. The summed E-state index contributed by atoms with van der Waals surface area (Å²) in [7, 11) is 0. The van der Waals surface area contributed by atoms with Crippen LogP contribution in [0.2, 0.25) is 10.0 Å². The summed E-state index contributed by atoms with van der Waals surface area (Å²) in [6.45, 7) is 8.21. The molecule has 0 unspecified atom stereocenters. The Labute approximate surface area is 234 Å². The molecule has 0 aliphatic rings. The van der Waals surface area contributed by atoms with Gasteiger partial charge in [-0.2, -0.15) is 0 Å². The van der Waals surface area contributed by atoms with E-state index in [2.05, 4.69) is 5.32 Å². The van der Waals surface area contributed by atoms with Crippen LogP contribution in [-0.4, -0.2) is 34.0 Å². The fourth-order valence-corrected chi connectivity index (χ4v) is 5.34. The lowest BCUT2D eigenvalue weighted by Gasteiger charge is -2.34. The van der Waals surface area contributed by atoms with Crippen LogP contribution < -0.4 is 5.32 Å².